The van der Waals surface area contributed by atoms with Gasteiger partial charge in [0, 0.05) is 47.0 Å². The zero-order valence-electron chi connectivity index (χ0n) is 17.6. The summed E-state index contributed by atoms with van der Waals surface area (Å²) in [6, 6.07) is 13.9. The molecule has 162 valence electrons. The molecular weight excluding hydrogens is 470 g/mol. The molecule has 1 saturated heterocycles. The van der Waals surface area contributed by atoms with Crippen LogP contribution in [0.4, 0.5) is 17.1 Å². The van der Waals surface area contributed by atoms with E-state index in [-0.39, 0.29) is 0 Å². The first-order valence-corrected chi connectivity index (χ1v) is 10.9. The van der Waals surface area contributed by atoms with Crippen molar-refractivity contribution in [3.63, 3.8) is 0 Å². The fourth-order valence-electron chi connectivity index (χ4n) is 3.93. The topological polar surface area (TPSA) is 104 Å². The van der Waals surface area contributed by atoms with E-state index in [0.29, 0.717) is 17.0 Å². The minimum absolute atomic E-state index is 0.407. The summed E-state index contributed by atoms with van der Waals surface area (Å²) in [5, 5.41) is 13.9. The quantitative estimate of drug-likeness (QED) is 0.504. The number of methoxy groups -OCH3 is 1. The molecule has 0 radical (unpaired) electrons. The lowest BCUT2D eigenvalue weighted by Gasteiger charge is -2.31. The summed E-state index contributed by atoms with van der Waals surface area (Å²) in [4.78, 5) is 17.9. The van der Waals surface area contributed by atoms with E-state index in [4.69, 9.17) is 10.5 Å². The third kappa shape index (κ3) is 4.53. The van der Waals surface area contributed by atoms with Gasteiger partial charge in [-0.05, 0) is 37.1 Å². The van der Waals surface area contributed by atoms with Gasteiger partial charge in [-0.2, -0.15) is 5.26 Å². The predicted octanol–water partition coefficient (Wildman–Crippen LogP) is 4.63. The van der Waals surface area contributed by atoms with E-state index in [1.807, 2.05) is 36.4 Å². The molecule has 0 atom stereocenters. The van der Waals surface area contributed by atoms with Crippen molar-refractivity contribution in [3.8, 4) is 11.8 Å². The SMILES string of the molecule is COc1cc2ncc(C#N)c(Nc3cccc(Br)c3)c2cc1N1CCC(=CC(N)=O)CC1. The monoisotopic (exact) mass is 491 g/mol. The van der Waals surface area contributed by atoms with Crippen LogP contribution in [0.15, 0.2) is 58.7 Å². The molecule has 0 bridgehead atoms. The Morgan fingerprint density at radius 1 is 1.31 bits per heavy atom. The van der Waals surface area contributed by atoms with Crippen molar-refractivity contribution in [2.45, 2.75) is 12.8 Å². The van der Waals surface area contributed by atoms with Crippen molar-refractivity contribution in [1.29, 1.82) is 5.26 Å². The fraction of sp³-hybridized carbons (Fsp3) is 0.208. The highest BCUT2D eigenvalue weighted by atomic mass is 79.9. The number of pyridine rings is 1. The van der Waals surface area contributed by atoms with Crippen LogP contribution < -0.4 is 20.7 Å². The molecule has 0 saturated carbocycles. The van der Waals surface area contributed by atoms with E-state index >= 15 is 0 Å². The molecule has 1 fully saturated rings. The Morgan fingerprint density at radius 3 is 2.75 bits per heavy atom. The number of carbonyl (C=O) groups excluding carboxylic acids is 1. The number of nitrogens with zero attached hydrogens (tertiary/aromatic N) is 3. The predicted molar refractivity (Wildman–Crippen MR) is 129 cm³/mol. The van der Waals surface area contributed by atoms with E-state index < -0.39 is 5.91 Å². The first-order chi connectivity index (χ1) is 15.5. The van der Waals surface area contributed by atoms with Crippen molar-refractivity contribution in [2.24, 2.45) is 5.73 Å². The average Bonchev–Trinajstić information content (AvgIpc) is 2.78. The standard InChI is InChI=1S/C24H22BrN5O2/c1-32-22-12-20-19(11-21(22)30-7-5-15(6-8-30)9-23(27)31)24(16(13-26)14-28-20)29-18-4-2-3-17(25)10-18/h2-4,9-12,14H,5-8H2,1H3,(H2,27,31)(H,28,29). The van der Waals surface area contributed by atoms with Crippen LogP contribution in [-0.4, -0.2) is 31.1 Å². The summed E-state index contributed by atoms with van der Waals surface area (Å²) in [7, 11) is 1.64. The van der Waals surface area contributed by atoms with Crippen LogP contribution in [-0.2, 0) is 4.79 Å². The smallest absolute Gasteiger partial charge is 0.241 e. The van der Waals surface area contributed by atoms with Crippen LogP contribution in [0.1, 0.15) is 18.4 Å². The largest absolute Gasteiger partial charge is 0.495 e. The van der Waals surface area contributed by atoms with Crippen molar-refractivity contribution in [1.82, 2.24) is 4.98 Å². The lowest BCUT2D eigenvalue weighted by Crippen LogP contribution is -2.31. The molecule has 32 heavy (non-hydrogen) atoms. The van der Waals surface area contributed by atoms with Crippen molar-refractivity contribution >= 4 is 49.8 Å². The summed E-state index contributed by atoms with van der Waals surface area (Å²) in [5.74, 6) is 0.306. The first-order valence-electron chi connectivity index (χ1n) is 10.2. The molecule has 0 spiro atoms. The number of primary amides is 1. The van der Waals surface area contributed by atoms with E-state index in [1.54, 1.807) is 13.3 Å². The Hall–Kier alpha value is -3.57. The summed E-state index contributed by atoms with van der Waals surface area (Å²) >= 11 is 3.49. The molecule has 1 aliphatic heterocycles. The molecule has 3 N–H and O–H groups in total. The molecule has 0 aliphatic carbocycles. The van der Waals surface area contributed by atoms with Gasteiger partial charge in [0.25, 0.3) is 0 Å². The van der Waals surface area contributed by atoms with Crippen molar-refractivity contribution in [2.75, 3.05) is 30.4 Å². The molecule has 2 aromatic carbocycles. The molecule has 7 nitrogen and oxygen atoms in total. The molecule has 1 amide bonds. The number of nitrogens with one attached hydrogen (secondary N) is 1. The number of hydrogen-bond donors (Lipinski definition) is 2. The van der Waals surface area contributed by atoms with Crippen LogP contribution in [0.2, 0.25) is 0 Å². The van der Waals surface area contributed by atoms with Crippen LogP contribution >= 0.6 is 15.9 Å². The van der Waals surface area contributed by atoms with Gasteiger partial charge in [-0.3, -0.25) is 9.78 Å². The summed E-state index contributed by atoms with van der Waals surface area (Å²) in [6.45, 7) is 1.47. The highest BCUT2D eigenvalue weighted by Gasteiger charge is 2.21. The highest BCUT2D eigenvalue weighted by molar-refractivity contribution is 9.10. The van der Waals surface area contributed by atoms with Gasteiger partial charge in [-0.15, -0.1) is 0 Å². The summed E-state index contributed by atoms with van der Waals surface area (Å²) in [6.07, 6.45) is 4.61. The van der Waals surface area contributed by atoms with Gasteiger partial charge in [0.2, 0.25) is 5.91 Å². The van der Waals surface area contributed by atoms with Gasteiger partial charge in [-0.1, -0.05) is 27.6 Å². The van der Waals surface area contributed by atoms with E-state index in [9.17, 15) is 10.1 Å². The van der Waals surface area contributed by atoms with Crippen LogP contribution in [0.25, 0.3) is 10.9 Å². The normalized spacial score (nSPS) is 13.5. The number of hydrogen-bond acceptors (Lipinski definition) is 6. The molecular formula is C24H22BrN5O2. The molecule has 1 aliphatic rings. The Kier molecular flexibility index (Phi) is 6.28. The van der Waals surface area contributed by atoms with Crippen LogP contribution in [0.5, 0.6) is 5.75 Å². The minimum atomic E-state index is -0.407. The molecule has 8 heteroatoms. The number of aromatic nitrogens is 1. The second-order valence-corrected chi connectivity index (χ2v) is 8.44. The van der Waals surface area contributed by atoms with Crippen LogP contribution in [0, 0.1) is 11.3 Å². The minimum Gasteiger partial charge on any atom is -0.495 e. The third-order valence-corrected chi connectivity index (χ3v) is 5.97. The van der Waals surface area contributed by atoms with Gasteiger partial charge in [-0.25, -0.2) is 0 Å². The number of nitriles is 1. The molecule has 3 aromatic rings. The lowest BCUT2D eigenvalue weighted by atomic mass is 10.0. The average molecular weight is 492 g/mol. The number of anilines is 3. The van der Waals surface area contributed by atoms with E-state index in [1.165, 1.54) is 6.08 Å². The summed E-state index contributed by atoms with van der Waals surface area (Å²) < 4.78 is 6.61. The maximum absolute atomic E-state index is 11.2. The second-order valence-electron chi connectivity index (χ2n) is 7.53. The Labute approximate surface area is 194 Å². The maximum atomic E-state index is 11.2. The van der Waals surface area contributed by atoms with Gasteiger partial charge in [0.05, 0.1) is 29.6 Å². The highest BCUT2D eigenvalue weighted by Crippen LogP contribution is 2.39. The van der Waals surface area contributed by atoms with Gasteiger partial charge < -0.3 is 20.7 Å². The van der Waals surface area contributed by atoms with Crippen molar-refractivity contribution < 1.29 is 9.53 Å². The molecule has 0 unspecified atom stereocenters. The molecule has 4 rings (SSSR count). The maximum Gasteiger partial charge on any atom is 0.241 e. The van der Waals surface area contributed by atoms with Gasteiger partial charge in [0.1, 0.15) is 11.8 Å². The molecule has 2 heterocycles. The van der Waals surface area contributed by atoms with Crippen LogP contribution in [0.3, 0.4) is 0 Å². The Balaban J connectivity index is 1.77. The fourth-order valence-corrected chi connectivity index (χ4v) is 4.33. The van der Waals surface area contributed by atoms with E-state index in [2.05, 4.69) is 37.2 Å². The first kappa shape index (κ1) is 21.7. The number of amides is 1. The number of halogens is 1. The zero-order chi connectivity index (χ0) is 22.7. The summed E-state index contributed by atoms with van der Waals surface area (Å²) in [5.41, 5.74) is 10.0. The van der Waals surface area contributed by atoms with Gasteiger partial charge >= 0.3 is 0 Å². The van der Waals surface area contributed by atoms with Gasteiger partial charge in [0.15, 0.2) is 0 Å². The Bertz CT molecular complexity index is 1260. The number of fused-ring (bicyclic) bond motifs is 1. The second kappa shape index (κ2) is 9.28. The van der Waals surface area contributed by atoms with Crippen molar-refractivity contribution in [3.05, 3.63) is 64.3 Å². The van der Waals surface area contributed by atoms with E-state index in [0.717, 1.165) is 58.3 Å². The zero-order valence-corrected chi connectivity index (χ0v) is 19.1. The third-order valence-electron chi connectivity index (χ3n) is 5.48. The number of carbonyl (C=O) groups is 1. The Morgan fingerprint density at radius 2 is 2.09 bits per heavy atom. The molecule has 1 aromatic heterocycles. The number of benzene rings is 2. The number of nitrogens with two attached hydrogens (primary N) is 1. The number of rotatable bonds is 5. The number of piperidine rings is 1. The lowest BCUT2D eigenvalue weighted by molar-refractivity contribution is -0.113. The number of ether oxygens (including phenoxy) is 1.